The first-order valence-corrected chi connectivity index (χ1v) is 7.21. The average molecular weight is 303 g/mol. The molecule has 2 aromatic carbocycles. The molecule has 0 radical (unpaired) electrons. The first kappa shape index (κ1) is 14.0. The van der Waals surface area contributed by atoms with Crippen molar-refractivity contribution < 1.29 is 14.3 Å². The maximum atomic E-state index is 12.8. The Morgan fingerprint density at radius 1 is 1.24 bits per heavy atom. The maximum Gasteiger partial charge on any atom is 0.200 e. The molecule has 0 bridgehead atoms. The molecular formula is C17H15ClO3. The highest BCUT2D eigenvalue weighted by Gasteiger charge is 2.22. The van der Waals surface area contributed by atoms with Gasteiger partial charge in [-0.25, -0.2) is 0 Å². The Morgan fingerprint density at radius 2 is 2.10 bits per heavy atom. The first-order valence-electron chi connectivity index (χ1n) is 6.83. The van der Waals surface area contributed by atoms with Crippen LogP contribution in [0.15, 0.2) is 36.4 Å². The molecular weight excluding hydrogens is 288 g/mol. The molecule has 0 saturated carbocycles. The molecule has 0 atom stereocenters. The van der Waals surface area contributed by atoms with E-state index in [0.717, 1.165) is 18.4 Å². The van der Waals surface area contributed by atoms with E-state index in [-0.39, 0.29) is 5.78 Å². The van der Waals surface area contributed by atoms with Crippen LogP contribution in [0.25, 0.3) is 0 Å². The second-order valence-electron chi connectivity index (χ2n) is 4.92. The minimum Gasteiger partial charge on any atom is -0.496 e. The Labute approximate surface area is 128 Å². The molecule has 21 heavy (non-hydrogen) atoms. The number of rotatable bonds is 3. The van der Waals surface area contributed by atoms with Crippen molar-refractivity contribution in [2.45, 2.75) is 12.8 Å². The minimum atomic E-state index is -0.109. The zero-order chi connectivity index (χ0) is 14.8. The molecule has 2 aromatic rings. The smallest absolute Gasteiger partial charge is 0.200 e. The quantitative estimate of drug-likeness (QED) is 0.807. The molecule has 3 nitrogen and oxygen atoms in total. The number of benzene rings is 2. The molecule has 0 saturated heterocycles. The third kappa shape index (κ3) is 2.61. The number of hydrogen-bond donors (Lipinski definition) is 0. The molecule has 0 N–H and O–H groups in total. The number of carbonyl (C=O) groups is 1. The zero-order valence-corrected chi connectivity index (χ0v) is 12.4. The van der Waals surface area contributed by atoms with Crippen molar-refractivity contribution >= 4 is 17.4 Å². The number of ether oxygens (including phenoxy) is 2. The van der Waals surface area contributed by atoms with Crippen molar-refractivity contribution in [3.05, 3.63) is 58.1 Å². The van der Waals surface area contributed by atoms with Crippen LogP contribution in [0.4, 0.5) is 0 Å². The lowest BCUT2D eigenvalue weighted by atomic mass is 9.96. The van der Waals surface area contributed by atoms with Crippen molar-refractivity contribution in [3.8, 4) is 11.5 Å². The SMILES string of the molecule is COc1cc(Cl)ccc1C(=O)c1cccc2c1OCCC2. The fourth-order valence-corrected chi connectivity index (χ4v) is 2.73. The van der Waals surface area contributed by atoms with Gasteiger partial charge in [0.2, 0.25) is 0 Å². The minimum absolute atomic E-state index is 0.109. The van der Waals surface area contributed by atoms with Crippen LogP contribution in [0.1, 0.15) is 27.9 Å². The molecule has 0 aromatic heterocycles. The van der Waals surface area contributed by atoms with E-state index in [4.69, 9.17) is 21.1 Å². The van der Waals surface area contributed by atoms with Crippen molar-refractivity contribution in [1.82, 2.24) is 0 Å². The summed E-state index contributed by atoms with van der Waals surface area (Å²) in [6.45, 7) is 0.648. The van der Waals surface area contributed by atoms with E-state index in [9.17, 15) is 4.79 Å². The highest BCUT2D eigenvalue weighted by molar-refractivity contribution is 6.31. The molecule has 0 unspecified atom stereocenters. The normalized spacial score (nSPS) is 13.2. The van der Waals surface area contributed by atoms with Gasteiger partial charge in [-0.05, 0) is 42.7 Å². The topological polar surface area (TPSA) is 35.5 Å². The van der Waals surface area contributed by atoms with E-state index in [2.05, 4.69) is 0 Å². The van der Waals surface area contributed by atoms with Crippen LogP contribution in [-0.2, 0) is 6.42 Å². The zero-order valence-electron chi connectivity index (χ0n) is 11.7. The van der Waals surface area contributed by atoms with E-state index >= 15 is 0 Å². The third-order valence-corrected chi connectivity index (χ3v) is 3.82. The number of halogens is 1. The van der Waals surface area contributed by atoms with Crippen LogP contribution < -0.4 is 9.47 Å². The summed E-state index contributed by atoms with van der Waals surface area (Å²) >= 11 is 5.95. The van der Waals surface area contributed by atoms with Gasteiger partial charge in [0.05, 0.1) is 24.8 Å². The highest BCUT2D eigenvalue weighted by atomic mass is 35.5. The van der Waals surface area contributed by atoms with E-state index in [1.54, 1.807) is 24.3 Å². The van der Waals surface area contributed by atoms with Gasteiger partial charge in [-0.1, -0.05) is 23.7 Å². The van der Waals surface area contributed by atoms with Crippen molar-refractivity contribution in [2.24, 2.45) is 0 Å². The van der Waals surface area contributed by atoms with Crippen LogP contribution in [0.2, 0.25) is 5.02 Å². The summed E-state index contributed by atoms with van der Waals surface area (Å²) in [6.07, 6.45) is 1.92. The number of hydrogen-bond acceptors (Lipinski definition) is 3. The number of aryl methyl sites for hydroxylation is 1. The van der Waals surface area contributed by atoms with Gasteiger partial charge in [0.25, 0.3) is 0 Å². The predicted octanol–water partition coefficient (Wildman–Crippen LogP) is 3.90. The number of ketones is 1. The van der Waals surface area contributed by atoms with Gasteiger partial charge in [0.15, 0.2) is 5.78 Å². The van der Waals surface area contributed by atoms with Gasteiger partial charge in [0.1, 0.15) is 11.5 Å². The summed E-state index contributed by atoms with van der Waals surface area (Å²) in [4.78, 5) is 12.8. The Morgan fingerprint density at radius 3 is 2.90 bits per heavy atom. The van der Waals surface area contributed by atoms with Crippen molar-refractivity contribution in [2.75, 3.05) is 13.7 Å². The Bertz CT molecular complexity index is 694. The largest absolute Gasteiger partial charge is 0.496 e. The highest BCUT2D eigenvalue weighted by Crippen LogP contribution is 2.33. The summed E-state index contributed by atoms with van der Waals surface area (Å²) in [5, 5.41) is 0.537. The van der Waals surface area contributed by atoms with Crippen LogP contribution >= 0.6 is 11.6 Å². The van der Waals surface area contributed by atoms with Crippen molar-refractivity contribution in [1.29, 1.82) is 0 Å². The standard InChI is InChI=1S/C17H15ClO3/c1-20-15-10-12(18)7-8-13(15)16(19)14-6-2-4-11-5-3-9-21-17(11)14/h2,4,6-8,10H,3,5,9H2,1H3. The number of methoxy groups -OCH3 is 1. The maximum absolute atomic E-state index is 12.8. The predicted molar refractivity (Wildman–Crippen MR) is 81.7 cm³/mol. The van der Waals surface area contributed by atoms with Crippen LogP contribution in [0.5, 0.6) is 11.5 Å². The fourth-order valence-electron chi connectivity index (χ4n) is 2.57. The van der Waals surface area contributed by atoms with Gasteiger partial charge in [0, 0.05) is 5.02 Å². The molecule has 0 spiro atoms. The Kier molecular flexibility index (Phi) is 3.84. The van der Waals surface area contributed by atoms with Crippen LogP contribution in [0, 0.1) is 0 Å². The van der Waals surface area contributed by atoms with Crippen LogP contribution in [-0.4, -0.2) is 19.5 Å². The fraction of sp³-hybridized carbons (Fsp3) is 0.235. The molecule has 4 heteroatoms. The Hall–Kier alpha value is -2.00. The van der Waals surface area contributed by atoms with E-state index in [1.807, 2.05) is 12.1 Å². The number of para-hydroxylation sites is 1. The number of fused-ring (bicyclic) bond motifs is 1. The lowest BCUT2D eigenvalue weighted by molar-refractivity contribution is 0.103. The van der Waals surface area contributed by atoms with Gasteiger partial charge >= 0.3 is 0 Å². The summed E-state index contributed by atoms with van der Waals surface area (Å²) in [5.74, 6) is 1.06. The molecule has 1 aliphatic heterocycles. The van der Waals surface area contributed by atoms with Crippen LogP contribution in [0.3, 0.4) is 0 Å². The van der Waals surface area contributed by atoms with Gasteiger partial charge < -0.3 is 9.47 Å². The average Bonchev–Trinajstić information content (AvgIpc) is 2.53. The first-order chi connectivity index (χ1) is 10.2. The van der Waals surface area contributed by atoms with E-state index < -0.39 is 0 Å². The second kappa shape index (κ2) is 5.78. The summed E-state index contributed by atoms with van der Waals surface area (Å²) in [5.41, 5.74) is 2.15. The Balaban J connectivity index is 2.07. The number of carbonyl (C=O) groups excluding carboxylic acids is 1. The molecule has 108 valence electrons. The lowest BCUT2D eigenvalue weighted by Crippen LogP contribution is -2.13. The second-order valence-corrected chi connectivity index (χ2v) is 5.36. The molecule has 1 aliphatic rings. The molecule has 0 amide bonds. The molecule has 1 heterocycles. The molecule has 3 rings (SSSR count). The summed E-state index contributed by atoms with van der Waals surface area (Å²) < 4.78 is 11.0. The molecule has 0 aliphatic carbocycles. The van der Waals surface area contributed by atoms with Crippen molar-refractivity contribution in [3.63, 3.8) is 0 Å². The van der Waals surface area contributed by atoms with Gasteiger partial charge in [-0.15, -0.1) is 0 Å². The summed E-state index contributed by atoms with van der Waals surface area (Å²) in [6, 6.07) is 10.7. The lowest BCUT2D eigenvalue weighted by Gasteiger charge is -2.20. The van der Waals surface area contributed by atoms with E-state index in [1.165, 1.54) is 7.11 Å². The van der Waals surface area contributed by atoms with Gasteiger partial charge in [-0.3, -0.25) is 4.79 Å². The monoisotopic (exact) mass is 302 g/mol. The molecule has 0 fully saturated rings. The third-order valence-electron chi connectivity index (χ3n) is 3.59. The van der Waals surface area contributed by atoms with Gasteiger partial charge in [-0.2, -0.15) is 0 Å². The van der Waals surface area contributed by atoms with E-state index in [0.29, 0.717) is 34.3 Å². The summed E-state index contributed by atoms with van der Waals surface area (Å²) in [7, 11) is 1.53.